The fourth-order valence-corrected chi connectivity index (χ4v) is 4.12. The molecule has 142 valence electrons. The van der Waals surface area contributed by atoms with E-state index in [0.29, 0.717) is 18.7 Å². The van der Waals surface area contributed by atoms with Crippen molar-refractivity contribution in [2.45, 2.75) is 43.7 Å². The highest BCUT2D eigenvalue weighted by atomic mass is 35.5. The monoisotopic (exact) mass is 391 g/mol. The molecule has 3 N–H and O–H groups in total. The lowest BCUT2D eigenvalue weighted by atomic mass is 10.0. The first-order valence-corrected chi connectivity index (χ1v) is 9.48. The number of methoxy groups -OCH3 is 1. The molecule has 0 radical (unpaired) electrons. The van der Waals surface area contributed by atoms with Crippen LogP contribution in [0.4, 0.5) is 0 Å². The summed E-state index contributed by atoms with van der Waals surface area (Å²) in [5.74, 6) is 0.0194. The average Bonchev–Trinajstić information content (AvgIpc) is 2.53. The van der Waals surface area contributed by atoms with Gasteiger partial charge in [-0.15, -0.1) is 12.4 Å². The van der Waals surface area contributed by atoms with Crippen molar-refractivity contribution in [3.8, 4) is 5.75 Å². The number of piperidine rings is 1. The number of nitrogens with zero attached hydrogens (tertiary/aromatic N) is 1. The molecule has 2 rings (SSSR count). The maximum Gasteiger partial charge on any atom is 0.253 e. The van der Waals surface area contributed by atoms with Gasteiger partial charge in [0.1, 0.15) is 10.6 Å². The van der Waals surface area contributed by atoms with Gasteiger partial charge in [-0.25, -0.2) is 13.1 Å². The van der Waals surface area contributed by atoms with Crippen molar-refractivity contribution >= 4 is 28.3 Å². The van der Waals surface area contributed by atoms with E-state index in [4.69, 9.17) is 10.5 Å². The van der Waals surface area contributed by atoms with Gasteiger partial charge in [0.25, 0.3) is 5.91 Å². The Balaban J connectivity index is 0.00000312. The number of halogens is 1. The summed E-state index contributed by atoms with van der Waals surface area (Å²) >= 11 is 0. The summed E-state index contributed by atoms with van der Waals surface area (Å²) in [6.45, 7) is 4.63. The number of hydrogen-bond acceptors (Lipinski definition) is 5. The van der Waals surface area contributed by atoms with Crippen LogP contribution in [0.2, 0.25) is 0 Å². The lowest BCUT2D eigenvalue weighted by Gasteiger charge is -2.30. The van der Waals surface area contributed by atoms with Crippen LogP contribution in [0.3, 0.4) is 0 Å². The molecular formula is C16H26ClN3O4S. The SMILES string of the molecule is COc1ccc(C(=O)N2CCC(N)CC2)cc1S(=O)(=O)NC(C)C.Cl. The Morgan fingerprint density at radius 3 is 2.44 bits per heavy atom. The number of nitrogens with two attached hydrogens (primary N) is 1. The number of likely N-dealkylation sites (tertiary alicyclic amines) is 1. The maximum absolute atomic E-state index is 12.6. The molecule has 1 aliphatic rings. The van der Waals surface area contributed by atoms with Crippen LogP contribution in [0.15, 0.2) is 23.1 Å². The van der Waals surface area contributed by atoms with E-state index in [1.807, 2.05) is 0 Å². The molecule has 1 aromatic carbocycles. The second-order valence-electron chi connectivity index (χ2n) is 6.27. The Bertz CT molecular complexity index is 701. The fourth-order valence-electron chi connectivity index (χ4n) is 2.68. The van der Waals surface area contributed by atoms with Crippen LogP contribution in [-0.2, 0) is 10.0 Å². The van der Waals surface area contributed by atoms with Crippen molar-refractivity contribution in [1.29, 1.82) is 0 Å². The van der Waals surface area contributed by atoms with Gasteiger partial charge in [0, 0.05) is 30.7 Å². The van der Waals surface area contributed by atoms with Crippen LogP contribution in [0.1, 0.15) is 37.0 Å². The van der Waals surface area contributed by atoms with Gasteiger partial charge < -0.3 is 15.4 Å². The highest BCUT2D eigenvalue weighted by Gasteiger charge is 2.26. The van der Waals surface area contributed by atoms with Gasteiger partial charge in [-0.1, -0.05) is 0 Å². The standard InChI is InChI=1S/C16H25N3O4S.ClH/c1-11(2)18-24(21,22)15-10-12(4-5-14(15)23-3)16(20)19-8-6-13(17)7-9-19;/h4-5,10-11,13,18H,6-9,17H2,1-3H3;1H. The maximum atomic E-state index is 12.6. The highest BCUT2D eigenvalue weighted by Crippen LogP contribution is 2.26. The van der Waals surface area contributed by atoms with Crippen LogP contribution < -0.4 is 15.2 Å². The summed E-state index contributed by atoms with van der Waals surface area (Å²) in [6.07, 6.45) is 1.50. The molecule has 7 nitrogen and oxygen atoms in total. The smallest absolute Gasteiger partial charge is 0.253 e. The number of nitrogens with one attached hydrogen (secondary N) is 1. The Kier molecular flexibility index (Phi) is 7.67. The summed E-state index contributed by atoms with van der Waals surface area (Å²) in [6, 6.07) is 4.33. The van der Waals surface area contributed by atoms with Gasteiger partial charge in [0.15, 0.2) is 0 Å². The number of hydrogen-bond donors (Lipinski definition) is 2. The first-order valence-electron chi connectivity index (χ1n) is 8.00. The quantitative estimate of drug-likeness (QED) is 0.789. The normalized spacial score (nSPS) is 15.8. The molecule has 0 unspecified atom stereocenters. The number of rotatable bonds is 5. The first-order chi connectivity index (χ1) is 11.2. The second-order valence-corrected chi connectivity index (χ2v) is 7.95. The zero-order chi connectivity index (χ0) is 17.9. The Hall–Kier alpha value is -1.35. The van der Waals surface area contributed by atoms with Crippen molar-refractivity contribution in [3.05, 3.63) is 23.8 Å². The molecule has 0 aliphatic carbocycles. The minimum atomic E-state index is -3.76. The molecule has 25 heavy (non-hydrogen) atoms. The minimum Gasteiger partial charge on any atom is -0.495 e. The Morgan fingerprint density at radius 1 is 1.32 bits per heavy atom. The molecule has 9 heteroatoms. The van der Waals surface area contributed by atoms with E-state index in [1.54, 1.807) is 24.8 Å². The summed E-state index contributed by atoms with van der Waals surface area (Å²) in [7, 11) is -2.36. The molecule has 1 amide bonds. The van der Waals surface area contributed by atoms with E-state index in [0.717, 1.165) is 12.8 Å². The lowest BCUT2D eigenvalue weighted by Crippen LogP contribution is -2.42. The highest BCUT2D eigenvalue weighted by molar-refractivity contribution is 7.89. The molecule has 0 bridgehead atoms. The van der Waals surface area contributed by atoms with E-state index in [2.05, 4.69) is 4.72 Å². The van der Waals surface area contributed by atoms with Crippen LogP contribution >= 0.6 is 12.4 Å². The minimum absolute atomic E-state index is 0. The van der Waals surface area contributed by atoms with Crippen molar-refractivity contribution in [2.75, 3.05) is 20.2 Å². The number of amides is 1. The molecule has 0 atom stereocenters. The molecule has 1 aromatic rings. The van der Waals surface area contributed by atoms with Crippen LogP contribution in [0, 0.1) is 0 Å². The summed E-state index contributed by atoms with van der Waals surface area (Å²) in [5, 5.41) is 0. The third-order valence-electron chi connectivity index (χ3n) is 3.92. The van der Waals surface area contributed by atoms with E-state index < -0.39 is 10.0 Å². The van der Waals surface area contributed by atoms with E-state index in [-0.39, 0.29) is 41.0 Å². The van der Waals surface area contributed by atoms with Gasteiger partial charge in [-0.05, 0) is 44.9 Å². The van der Waals surface area contributed by atoms with Crippen LogP contribution in [0.5, 0.6) is 5.75 Å². The van der Waals surface area contributed by atoms with Crippen molar-refractivity contribution in [3.63, 3.8) is 0 Å². The third-order valence-corrected chi connectivity index (χ3v) is 5.60. The fraction of sp³-hybridized carbons (Fsp3) is 0.562. The molecular weight excluding hydrogens is 366 g/mol. The third kappa shape index (κ3) is 5.31. The van der Waals surface area contributed by atoms with Gasteiger partial charge in [-0.2, -0.15) is 0 Å². The summed E-state index contributed by atoms with van der Waals surface area (Å²) in [4.78, 5) is 14.3. The molecule has 1 saturated heterocycles. The number of sulfonamides is 1. The summed E-state index contributed by atoms with van der Waals surface area (Å²) in [5.41, 5.74) is 6.19. The second kappa shape index (κ2) is 8.84. The van der Waals surface area contributed by atoms with E-state index in [1.165, 1.54) is 19.2 Å². The van der Waals surface area contributed by atoms with Crippen LogP contribution in [0.25, 0.3) is 0 Å². The van der Waals surface area contributed by atoms with Crippen molar-refractivity contribution < 1.29 is 17.9 Å². The lowest BCUT2D eigenvalue weighted by molar-refractivity contribution is 0.0714. The predicted molar refractivity (Wildman–Crippen MR) is 98.8 cm³/mol. The Labute approximate surface area is 155 Å². The molecule has 1 fully saturated rings. The van der Waals surface area contributed by atoms with Gasteiger partial charge >= 0.3 is 0 Å². The number of benzene rings is 1. The molecule has 0 aromatic heterocycles. The molecule has 0 spiro atoms. The molecule has 0 saturated carbocycles. The van der Waals surface area contributed by atoms with Gasteiger partial charge in [0.2, 0.25) is 10.0 Å². The molecule has 1 heterocycles. The predicted octanol–water partition coefficient (Wildman–Crippen LogP) is 1.37. The van der Waals surface area contributed by atoms with Crippen molar-refractivity contribution in [1.82, 2.24) is 9.62 Å². The van der Waals surface area contributed by atoms with E-state index >= 15 is 0 Å². The number of ether oxygens (including phenoxy) is 1. The van der Waals surface area contributed by atoms with E-state index in [9.17, 15) is 13.2 Å². The van der Waals surface area contributed by atoms with Crippen LogP contribution in [-0.4, -0.2) is 51.5 Å². The average molecular weight is 392 g/mol. The summed E-state index contributed by atoms with van der Waals surface area (Å²) < 4.78 is 32.6. The number of carbonyl (C=O) groups excluding carboxylic acids is 1. The van der Waals surface area contributed by atoms with Crippen molar-refractivity contribution in [2.24, 2.45) is 5.73 Å². The van der Waals surface area contributed by atoms with Gasteiger partial charge in [-0.3, -0.25) is 4.79 Å². The Morgan fingerprint density at radius 2 is 1.92 bits per heavy atom. The topological polar surface area (TPSA) is 102 Å². The first kappa shape index (κ1) is 21.7. The zero-order valence-electron chi connectivity index (χ0n) is 14.7. The van der Waals surface area contributed by atoms with Gasteiger partial charge in [0.05, 0.1) is 7.11 Å². The molecule has 1 aliphatic heterocycles. The number of carbonyl (C=O) groups is 1. The largest absolute Gasteiger partial charge is 0.495 e. The zero-order valence-corrected chi connectivity index (χ0v) is 16.3.